The fourth-order valence-electron chi connectivity index (χ4n) is 3.25. The molecule has 1 aliphatic heterocycles. The summed E-state index contributed by atoms with van der Waals surface area (Å²) in [7, 11) is 0. The predicted molar refractivity (Wildman–Crippen MR) is 92.6 cm³/mol. The number of nitrogens with one attached hydrogen (secondary N) is 1. The van der Waals surface area contributed by atoms with Gasteiger partial charge >= 0.3 is 0 Å². The maximum atomic E-state index is 12.8. The minimum atomic E-state index is -0.338. The number of aliphatic hydroxyl groups excluding tert-OH is 1. The molecule has 2 atom stereocenters. The van der Waals surface area contributed by atoms with E-state index in [9.17, 15) is 9.90 Å². The normalized spacial score (nSPS) is 20.1. The van der Waals surface area contributed by atoms with Gasteiger partial charge in [0.15, 0.2) is 0 Å². The Balaban J connectivity index is 1.66. The van der Waals surface area contributed by atoms with Crippen LogP contribution in [-0.4, -0.2) is 69.3 Å². The molecule has 0 spiro atoms. The van der Waals surface area contributed by atoms with Crippen molar-refractivity contribution in [3.63, 3.8) is 0 Å². The second kappa shape index (κ2) is 7.15. The van der Waals surface area contributed by atoms with Crippen LogP contribution in [0, 0.1) is 0 Å². The van der Waals surface area contributed by atoms with Crippen LogP contribution in [0.15, 0.2) is 36.7 Å². The Kier molecular flexibility index (Phi) is 4.97. The van der Waals surface area contributed by atoms with Crippen LogP contribution in [-0.2, 0) is 0 Å². The number of aromatic nitrogens is 2. The number of carbonyl (C=O) groups is 1. The molecule has 2 heterocycles. The lowest BCUT2D eigenvalue weighted by Crippen LogP contribution is -2.55. The quantitative estimate of drug-likeness (QED) is 0.894. The van der Waals surface area contributed by atoms with Gasteiger partial charge in [-0.05, 0) is 31.5 Å². The standard InChI is InChI=1S/C18H24N4O2/c1-13-11-21(12-14(2)23)7-8-22(13)18(24)16-5-3-15(4-6-16)17-9-19-20-10-17/h3-6,9-10,13-14,23H,7-8,11-12H2,1-2H3,(H,19,20). The molecular formula is C18H24N4O2. The molecule has 3 rings (SSSR count). The van der Waals surface area contributed by atoms with Crippen LogP contribution in [0.5, 0.6) is 0 Å². The van der Waals surface area contributed by atoms with E-state index in [4.69, 9.17) is 0 Å². The number of nitrogens with zero attached hydrogens (tertiary/aromatic N) is 3. The molecule has 6 nitrogen and oxygen atoms in total. The molecule has 1 fully saturated rings. The number of hydrogen-bond donors (Lipinski definition) is 2. The summed E-state index contributed by atoms with van der Waals surface area (Å²) in [4.78, 5) is 16.9. The Morgan fingerprint density at radius 3 is 2.67 bits per heavy atom. The van der Waals surface area contributed by atoms with Crippen LogP contribution < -0.4 is 0 Å². The van der Waals surface area contributed by atoms with E-state index >= 15 is 0 Å². The lowest BCUT2D eigenvalue weighted by molar-refractivity contribution is 0.0383. The number of β-amino-alcohol motifs (C(OH)–C–C–N with tert-alkyl or cyclic N) is 1. The summed E-state index contributed by atoms with van der Waals surface area (Å²) in [5.74, 6) is 0.0675. The molecule has 0 aliphatic carbocycles. The zero-order chi connectivity index (χ0) is 17.1. The number of aliphatic hydroxyl groups is 1. The van der Waals surface area contributed by atoms with Crippen molar-refractivity contribution in [2.75, 3.05) is 26.2 Å². The fraction of sp³-hybridized carbons (Fsp3) is 0.444. The van der Waals surface area contributed by atoms with Crippen molar-refractivity contribution >= 4 is 5.91 Å². The zero-order valence-electron chi connectivity index (χ0n) is 14.1. The minimum absolute atomic E-state index is 0.0675. The van der Waals surface area contributed by atoms with Crippen molar-refractivity contribution in [1.82, 2.24) is 20.0 Å². The molecule has 0 saturated carbocycles. The molecule has 24 heavy (non-hydrogen) atoms. The summed E-state index contributed by atoms with van der Waals surface area (Å²) in [6.45, 7) is 6.80. The van der Waals surface area contributed by atoms with Gasteiger partial charge in [0.1, 0.15) is 0 Å². The number of piperazine rings is 1. The average Bonchev–Trinajstić information content (AvgIpc) is 3.08. The van der Waals surface area contributed by atoms with Crippen molar-refractivity contribution in [3.05, 3.63) is 42.2 Å². The summed E-state index contributed by atoms with van der Waals surface area (Å²) in [5.41, 5.74) is 2.75. The molecule has 128 valence electrons. The average molecular weight is 328 g/mol. The van der Waals surface area contributed by atoms with Gasteiger partial charge < -0.3 is 10.0 Å². The molecule has 2 aromatic rings. The van der Waals surface area contributed by atoms with Crippen LogP contribution in [0.25, 0.3) is 11.1 Å². The second-order valence-electron chi connectivity index (χ2n) is 6.52. The smallest absolute Gasteiger partial charge is 0.254 e. The third-order valence-corrected chi connectivity index (χ3v) is 4.46. The van der Waals surface area contributed by atoms with E-state index in [0.717, 1.165) is 24.2 Å². The first-order valence-corrected chi connectivity index (χ1v) is 8.35. The van der Waals surface area contributed by atoms with Crippen molar-refractivity contribution in [1.29, 1.82) is 0 Å². The maximum absolute atomic E-state index is 12.8. The van der Waals surface area contributed by atoms with Crippen LogP contribution in [0.3, 0.4) is 0 Å². The van der Waals surface area contributed by atoms with Crippen LogP contribution >= 0.6 is 0 Å². The van der Waals surface area contributed by atoms with Crippen molar-refractivity contribution in [3.8, 4) is 11.1 Å². The SMILES string of the molecule is CC(O)CN1CCN(C(=O)c2ccc(-c3cn[nH]c3)cc2)C(C)C1. The summed E-state index contributed by atoms with van der Waals surface area (Å²) in [5, 5.41) is 16.3. The number of hydrogen-bond acceptors (Lipinski definition) is 4. The fourth-order valence-corrected chi connectivity index (χ4v) is 3.25. The monoisotopic (exact) mass is 328 g/mol. The summed E-state index contributed by atoms with van der Waals surface area (Å²) in [6, 6.07) is 7.79. The second-order valence-corrected chi connectivity index (χ2v) is 6.52. The van der Waals surface area contributed by atoms with E-state index in [2.05, 4.69) is 22.0 Å². The molecule has 0 radical (unpaired) electrons. The van der Waals surface area contributed by atoms with Crippen LogP contribution in [0.2, 0.25) is 0 Å². The first-order valence-electron chi connectivity index (χ1n) is 8.35. The van der Waals surface area contributed by atoms with Gasteiger partial charge in [0, 0.05) is 49.5 Å². The van der Waals surface area contributed by atoms with E-state index in [0.29, 0.717) is 18.7 Å². The summed E-state index contributed by atoms with van der Waals surface area (Å²) >= 11 is 0. The molecule has 6 heteroatoms. The van der Waals surface area contributed by atoms with Crippen molar-refractivity contribution in [2.45, 2.75) is 26.0 Å². The first-order chi connectivity index (χ1) is 11.5. The first kappa shape index (κ1) is 16.7. The van der Waals surface area contributed by atoms with E-state index in [1.165, 1.54) is 0 Å². The number of aromatic amines is 1. The maximum Gasteiger partial charge on any atom is 0.254 e. The Morgan fingerprint density at radius 2 is 2.08 bits per heavy atom. The van der Waals surface area contributed by atoms with Gasteiger partial charge in [-0.25, -0.2) is 0 Å². The van der Waals surface area contributed by atoms with Gasteiger partial charge in [-0.15, -0.1) is 0 Å². The van der Waals surface area contributed by atoms with E-state index in [1.807, 2.05) is 35.4 Å². The molecule has 2 unspecified atom stereocenters. The number of H-pyrrole nitrogens is 1. The molecule has 2 N–H and O–H groups in total. The summed E-state index contributed by atoms with van der Waals surface area (Å²) in [6.07, 6.45) is 3.26. The highest BCUT2D eigenvalue weighted by Crippen LogP contribution is 2.20. The number of rotatable bonds is 4. The summed E-state index contributed by atoms with van der Waals surface area (Å²) < 4.78 is 0. The van der Waals surface area contributed by atoms with E-state index in [1.54, 1.807) is 13.1 Å². The van der Waals surface area contributed by atoms with Gasteiger partial charge in [0.25, 0.3) is 5.91 Å². The van der Waals surface area contributed by atoms with Crippen LogP contribution in [0.4, 0.5) is 0 Å². The highest BCUT2D eigenvalue weighted by atomic mass is 16.3. The highest BCUT2D eigenvalue weighted by molar-refractivity contribution is 5.95. The van der Waals surface area contributed by atoms with Gasteiger partial charge in [-0.3, -0.25) is 14.8 Å². The molecule has 1 aromatic heterocycles. The minimum Gasteiger partial charge on any atom is -0.392 e. The molecular weight excluding hydrogens is 304 g/mol. The largest absolute Gasteiger partial charge is 0.392 e. The number of amides is 1. The van der Waals surface area contributed by atoms with E-state index < -0.39 is 0 Å². The Labute approximate surface area is 142 Å². The van der Waals surface area contributed by atoms with Gasteiger partial charge in [0.05, 0.1) is 12.3 Å². The Hall–Kier alpha value is -2.18. The third kappa shape index (κ3) is 3.66. The number of benzene rings is 1. The van der Waals surface area contributed by atoms with Gasteiger partial charge in [0.2, 0.25) is 0 Å². The Morgan fingerprint density at radius 1 is 1.33 bits per heavy atom. The van der Waals surface area contributed by atoms with Crippen molar-refractivity contribution < 1.29 is 9.90 Å². The predicted octanol–water partition coefficient (Wildman–Crippen LogP) is 1.60. The molecule has 1 amide bonds. The molecule has 0 bridgehead atoms. The van der Waals surface area contributed by atoms with Crippen molar-refractivity contribution in [2.24, 2.45) is 0 Å². The van der Waals surface area contributed by atoms with Crippen LogP contribution in [0.1, 0.15) is 24.2 Å². The molecule has 1 aliphatic rings. The topological polar surface area (TPSA) is 72.5 Å². The zero-order valence-corrected chi connectivity index (χ0v) is 14.1. The highest BCUT2D eigenvalue weighted by Gasteiger charge is 2.28. The molecule has 1 saturated heterocycles. The van der Waals surface area contributed by atoms with Gasteiger partial charge in [-0.1, -0.05) is 12.1 Å². The third-order valence-electron chi connectivity index (χ3n) is 4.46. The van der Waals surface area contributed by atoms with E-state index in [-0.39, 0.29) is 18.1 Å². The lowest BCUT2D eigenvalue weighted by atomic mass is 10.1. The molecule has 1 aromatic carbocycles. The lowest BCUT2D eigenvalue weighted by Gasteiger charge is -2.40. The van der Waals surface area contributed by atoms with Gasteiger partial charge in [-0.2, -0.15) is 5.10 Å². The Bertz CT molecular complexity index is 667. The number of carbonyl (C=O) groups excluding carboxylic acids is 1.